The van der Waals surface area contributed by atoms with Crippen molar-refractivity contribution < 1.29 is 0 Å². The Bertz CT molecular complexity index is 507. The second-order valence-corrected chi connectivity index (χ2v) is 5.25. The van der Waals surface area contributed by atoms with Gasteiger partial charge in [0.25, 0.3) is 0 Å². The van der Waals surface area contributed by atoms with Crippen LogP contribution in [0.3, 0.4) is 0 Å². The van der Waals surface area contributed by atoms with Crippen molar-refractivity contribution in [3.63, 3.8) is 0 Å². The summed E-state index contributed by atoms with van der Waals surface area (Å²) in [4.78, 5) is 8.84. The van der Waals surface area contributed by atoms with Crippen molar-refractivity contribution in [3.05, 3.63) is 11.9 Å². The summed E-state index contributed by atoms with van der Waals surface area (Å²) in [6.45, 7) is 4.28. The molecule has 0 N–H and O–H groups in total. The van der Waals surface area contributed by atoms with Gasteiger partial charge < -0.3 is 0 Å². The van der Waals surface area contributed by atoms with Gasteiger partial charge in [-0.1, -0.05) is 25.6 Å². The highest BCUT2D eigenvalue weighted by molar-refractivity contribution is 7.99. The molecule has 0 saturated carbocycles. The van der Waals surface area contributed by atoms with Crippen LogP contribution in [-0.2, 0) is 0 Å². The third-order valence-corrected chi connectivity index (χ3v) is 3.50. The Labute approximate surface area is 103 Å². The van der Waals surface area contributed by atoms with Crippen LogP contribution >= 0.6 is 23.5 Å². The van der Waals surface area contributed by atoms with Gasteiger partial charge in [-0.25, -0.2) is 14.5 Å². The van der Waals surface area contributed by atoms with E-state index in [9.17, 15) is 0 Å². The predicted molar refractivity (Wildman–Crippen MR) is 68.4 cm³/mol. The number of hydrogen-bond donors (Lipinski definition) is 0. The van der Waals surface area contributed by atoms with Gasteiger partial charge in [-0.15, -0.1) is 16.9 Å². The van der Waals surface area contributed by atoms with Gasteiger partial charge in [-0.2, -0.15) is 0 Å². The molecule has 2 heterocycles. The lowest BCUT2D eigenvalue weighted by Gasteiger charge is -2.06. The summed E-state index contributed by atoms with van der Waals surface area (Å²) in [6, 6.07) is 0. The van der Waals surface area contributed by atoms with Gasteiger partial charge in [0, 0.05) is 0 Å². The first-order valence-electron chi connectivity index (χ1n) is 5.01. The highest BCUT2D eigenvalue weighted by Crippen LogP contribution is 2.23. The van der Waals surface area contributed by atoms with Crippen molar-refractivity contribution >= 4 is 29.2 Å². The van der Waals surface area contributed by atoms with E-state index in [1.54, 1.807) is 23.5 Å². The molecule has 2 aromatic rings. The minimum atomic E-state index is 0.411. The number of fused-ring (bicyclic) bond motifs is 1. The zero-order chi connectivity index (χ0) is 11.7. The van der Waals surface area contributed by atoms with Crippen molar-refractivity contribution in [1.82, 2.24) is 19.6 Å². The summed E-state index contributed by atoms with van der Waals surface area (Å²) in [5.41, 5.74) is 1.98. The molecule has 2 aromatic heterocycles. The first kappa shape index (κ1) is 11.7. The highest BCUT2D eigenvalue weighted by Gasteiger charge is 2.13. The van der Waals surface area contributed by atoms with Crippen LogP contribution < -0.4 is 0 Å². The van der Waals surface area contributed by atoms with E-state index in [0.717, 1.165) is 21.5 Å². The number of imidazole rings is 1. The average molecular weight is 254 g/mol. The van der Waals surface area contributed by atoms with Crippen LogP contribution in [0.2, 0.25) is 0 Å². The number of thioether (sulfide) groups is 2. The molecule has 0 fully saturated rings. The van der Waals surface area contributed by atoms with Gasteiger partial charge in [-0.05, 0) is 18.4 Å². The van der Waals surface area contributed by atoms with Gasteiger partial charge in [0.1, 0.15) is 5.03 Å². The minimum absolute atomic E-state index is 0.411. The number of nitrogens with zero attached hydrogens (tertiary/aromatic N) is 4. The summed E-state index contributed by atoms with van der Waals surface area (Å²) < 4.78 is 1.91. The third kappa shape index (κ3) is 1.91. The van der Waals surface area contributed by atoms with Crippen LogP contribution in [0.15, 0.2) is 16.4 Å². The monoisotopic (exact) mass is 254 g/mol. The molecule has 0 saturated heterocycles. The zero-order valence-electron chi connectivity index (χ0n) is 9.76. The fraction of sp³-hybridized carbons (Fsp3) is 0.500. The van der Waals surface area contributed by atoms with E-state index in [-0.39, 0.29) is 0 Å². The second-order valence-electron chi connectivity index (χ2n) is 3.68. The Balaban J connectivity index is 2.71. The van der Waals surface area contributed by atoms with Gasteiger partial charge >= 0.3 is 0 Å². The van der Waals surface area contributed by atoms with E-state index in [2.05, 4.69) is 28.9 Å². The number of hydrogen-bond acceptors (Lipinski definition) is 5. The molecule has 0 aliphatic carbocycles. The minimum Gasteiger partial charge on any atom is -0.233 e. The Kier molecular flexibility index (Phi) is 3.39. The quantitative estimate of drug-likeness (QED) is 0.788. The number of rotatable bonds is 3. The van der Waals surface area contributed by atoms with E-state index < -0.39 is 0 Å². The number of aromatic nitrogens is 4. The molecule has 0 aromatic carbocycles. The van der Waals surface area contributed by atoms with Crippen LogP contribution in [0.4, 0.5) is 0 Å². The van der Waals surface area contributed by atoms with E-state index in [4.69, 9.17) is 0 Å². The zero-order valence-corrected chi connectivity index (χ0v) is 11.4. The van der Waals surface area contributed by atoms with Crippen LogP contribution in [0.25, 0.3) is 5.65 Å². The fourth-order valence-corrected chi connectivity index (χ4v) is 2.37. The van der Waals surface area contributed by atoms with E-state index in [1.807, 2.05) is 23.2 Å². The lowest BCUT2D eigenvalue weighted by molar-refractivity contribution is 0.694. The average Bonchev–Trinajstić information content (AvgIpc) is 2.71. The Morgan fingerprint density at radius 2 is 2.00 bits per heavy atom. The molecule has 86 valence electrons. The SMILES string of the molecule is CSc1nc(SC)c2ncc(C(C)C)n2n1. The van der Waals surface area contributed by atoms with Crippen LogP contribution in [0.1, 0.15) is 25.5 Å². The Morgan fingerprint density at radius 3 is 2.56 bits per heavy atom. The molecular formula is C10H14N4S2. The topological polar surface area (TPSA) is 43.1 Å². The molecule has 0 bridgehead atoms. The molecule has 16 heavy (non-hydrogen) atoms. The van der Waals surface area contributed by atoms with E-state index in [1.165, 1.54) is 0 Å². The van der Waals surface area contributed by atoms with Crippen LogP contribution in [-0.4, -0.2) is 32.1 Å². The normalized spacial score (nSPS) is 11.6. The predicted octanol–water partition coefficient (Wildman–Crippen LogP) is 2.69. The molecular weight excluding hydrogens is 240 g/mol. The molecule has 0 unspecified atom stereocenters. The van der Waals surface area contributed by atoms with Gasteiger partial charge in [0.2, 0.25) is 5.16 Å². The van der Waals surface area contributed by atoms with Crippen LogP contribution in [0, 0.1) is 0 Å². The highest BCUT2D eigenvalue weighted by atomic mass is 32.2. The molecule has 4 nitrogen and oxygen atoms in total. The van der Waals surface area contributed by atoms with Crippen molar-refractivity contribution in [2.75, 3.05) is 12.5 Å². The third-order valence-electron chi connectivity index (χ3n) is 2.31. The molecule has 0 atom stereocenters. The molecule has 0 amide bonds. The second kappa shape index (κ2) is 4.63. The van der Waals surface area contributed by atoms with Crippen molar-refractivity contribution in [3.8, 4) is 0 Å². The largest absolute Gasteiger partial charge is 0.233 e. The summed E-state index contributed by atoms with van der Waals surface area (Å²) in [7, 11) is 0. The summed E-state index contributed by atoms with van der Waals surface area (Å²) in [5.74, 6) is 0.411. The van der Waals surface area contributed by atoms with Crippen molar-refractivity contribution in [1.29, 1.82) is 0 Å². The maximum atomic E-state index is 4.48. The molecule has 0 aliphatic heterocycles. The Hall–Kier alpha value is -0.750. The molecule has 6 heteroatoms. The molecule has 0 radical (unpaired) electrons. The van der Waals surface area contributed by atoms with E-state index in [0.29, 0.717) is 5.92 Å². The van der Waals surface area contributed by atoms with Crippen molar-refractivity contribution in [2.24, 2.45) is 0 Å². The first-order valence-corrected chi connectivity index (χ1v) is 7.46. The summed E-state index contributed by atoms with van der Waals surface area (Å²) >= 11 is 3.16. The van der Waals surface area contributed by atoms with E-state index >= 15 is 0 Å². The lowest BCUT2D eigenvalue weighted by Crippen LogP contribution is -2.03. The smallest absolute Gasteiger partial charge is 0.208 e. The summed E-state index contributed by atoms with van der Waals surface area (Å²) in [6.07, 6.45) is 5.88. The van der Waals surface area contributed by atoms with Gasteiger partial charge in [0.05, 0.1) is 11.9 Å². The van der Waals surface area contributed by atoms with Crippen LogP contribution in [0.5, 0.6) is 0 Å². The first-order chi connectivity index (χ1) is 7.67. The standard InChI is InChI=1S/C10H14N4S2/c1-6(2)7-5-11-8-9(15-3)12-10(16-4)13-14(7)8/h5-6H,1-4H3. The molecule has 0 aliphatic rings. The Morgan fingerprint density at radius 1 is 1.25 bits per heavy atom. The van der Waals surface area contributed by atoms with Gasteiger partial charge in [-0.3, -0.25) is 0 Å². The molecule has 0 spiro atoms. The van der Waals surface area contributed by atoms with Crippen molar-refractivity contribution in [2.45, 2.75) is 29.9 Å². The maximum Gasteiger partial charge on any atom is 0.208 e. The van der Waals surface area contributed by atoms with Gasteiger partial charge in [0.15, 0.2) is 5.65 Å². The lowest BCUT2D eigenvalue weighted by atomic mass is 10.2. The summed E-state index contributed by atoms with van der Waals surface area (Å²) in [5, 5.41) is 6.20. The fourth-order valence-electron chi connectivity index (χ4n) is 1.47. The molecule has 2 rings (SSSR count). The maximum absolute atomic E-state index is 4.48.